The number of hydrogen-bond donors (Lipinski definition) is 0. The van der Waals surface area contributed by atoms with Crippen molar-refractivity contribution in [3.05, 3.63) is 193 Å². The molecule has 13 rings (SSSR count). The van der Waals surface area contributed by atoms with E-state index in [-0.39, 0.29) is 0 Å². The Morgan fingerprint density at radius 3 is 1.54 bits per heavy atom. The number of hydrogen-bond acceptors (Lipinski definition) is 0. The van der Waals surface area contributed by atoms with E-state index in [1.54, 1.807) is 0 Å². The van der Waals surface area contributed by atoms with Gasteiger partial charge in [-0.15, -0.1) is 0 Å². The monoisotopic (exact) mass is 725 g/mol. The van der Waals surface area contributed by atoms with E-state index in [2.05, 4.69) is 202 Å². The maximum atomic E-state index is 2.56. The van der Waals surface area contributed by atoms with Gasteiger partial charge in [0.1, 0.15) is 0 Å². The molecule has 57 heavy (non-hydrogen) atoms. The quantitative estimate of drug-likeness (QED) is 0.172. The summed E-state index contributed by atoms with van der Waals surface area (Å²) in [5.41, 5.74) is 17.6. The molecular formula is C54H35N3. The number of aryl methyl sites for hydroxylation is 1. The Balaban J connectivity index is 1.05. The minimum absolute atomic E-state index is 1.05. The normalized spacial score (nSPS) is 13.1. The summed E-state index contributed by atoms with van der Waals surface area (Å²) < 4.78 is 7.37. The zero-order valence-electron chi connectivity index (χ0n) is 31.2. The summed E-state index contributed by atoms with van der Waals surface area (Å²) in [6.45, 7) is 0. The van der Waals surface area contributed by atoms with Crippen molar-refractivity contribution < 1.29 is 0 Å². The van der Waals surface area contributed by atoms with Gasteiger partial charge in [-0.05, 0) is 108 Å². The molecule has 0 fully saturated rings. The van der Waals surface area contributed by atoms with Gasteiger partial charge >= 0.3 is 0 Å². The first-order valence-electron chi connectivity index (χ1n) is 20.0. The van der Waals surface area contributed by atoms with Crippen LogP contribution in [0, 0.1) is 0 Å². The van der Waals surface area contributed by atoms with Crippen LogP contribution in [-0.2, 0) is 6.42 Å². The second-order valence-corrected chi connectivity index (χ2v) is 15.6. The summed E-state index contributed by atoms with van der Waals surface area (Å²) in [5, 5.41) is 9.07. The molecule has 8 aromatic carbocycles. The predicted octanol–water partition coefficient (Wildman–Crippen LogP) is 14.2. The summed E-state index contributed by atoms with van der Waals surface area (Å²) in [4.78, 5) is 0. The zero-order chi connectivity index (χ0) is 37.2. The van der Waals surface area contributed by atoms with E-state index >= 15 is 0 Å². The topological polar surface area (TPSA) is 14.3 Å². The highest BCUT2D eigenvalue weighted by molar-refractivity contribution is 6.21. The van der Waals surface area contributed by atoms with Crippen LogP contribution in [0.1, 0.15) is 17.7 Å². The molecule has 12 aromatic rings. The molecule has 0 spiro atoms. The molecule has 0 saturated carbocycles. The molecule has 0 unspecified atom stereocenters. The van der Waals surface area contributed by atoms with Gasteiger partial charge in [-0.3, -0.25) is 0 Å². The molecular weight excluding hydrogens is 691 g/mol. The Hall–Kier alpha value is -7.36. The highest BCUT2D eigenvalue weighted by atomic mass is 15.0. The highest BCUT2D eigenvalue weighted by Crippen LogP contribution is 2.46. The third-order valence-corrected chi connectivity index (χ3v) is 12.6. The van der Waals surface area contributed by atoms with Crippen LogP contribution < -0.4 is 0 Å². The molecule has 4 aromatic heterocycles. The molecule has 0 atom stereocenters. The summed E-state index contributed by atoms with van der Waals surface area (Å²) in [6, 6.07) is 65.1. The van der Waals surface area contributed by atoms with Crippen LogP contribution in [0.4, 0.5) is 0 Å². The summed E-state index contributed by atoms with van der Waals surface area (Å²) >= 11 is 0. The van der Waals surface area contributed by atoms with E-state index in [9.17, 15) is 0 Å². The van der Waals surface area contributed by atoms with Crippen molar-refractivity contribution in [3.8, 4) is 33.6 Å². The number of para-hydroxylation sites is 4. The van der Waals surface area contributed by atoms with Crippen LogP contribution in [0.2, 0.25) is 0 Å². The number of allylic oxidation sites excluding steroid dienone is 1. The number of aromatic nitrogens is 3. The molecule has 0 N–H and O–H groups in total. The lowest BCUT2D eigenvalue weighted by molar-refractivity contribution is 0.926. The van der Waals surface area contributed by atoms with Crippen molar-refractivity contribution in [2.24, 2.45) is 0 Å². The second-order valence-electron chi connectivity index (χ2n) is 15.6. The molecule has 3 heteroatoms. The lowest BCUT2D eigenvalue weighted by atomic mass is 9.93. The van der Waals surface area contributed by atoms with Crippen LogP contribution >= 0.6 is 0 Å². The van der Waals surface area contributed by atoms with E-state index in [0.29, 0.717) is 0 Å². The van der Waals surface area contributed by atoms with E-state index in [1.807, 2.05) is 0 Å². The average molecular weight is 726 g/mol. The van der Waals surface area contributed by atoms with Crippen LogP contribution in [0.15, 0.2) is 182 Å². The fourth-order valence-corrected chi connectivity index (χ4v) is 10.2. The Labute approximate surface area is 328 Å². The molecule has 1 aliphatic rings. The maximum Gasteiger partial charge on any atom is 0.0623 e. The third kappa shape index (κ3) is 4.26. The Morgan fingerprint density at radius 1 is 0.386 bits per heavy atom. The van der Waals surface area contributed by atoms with Gasteiger partial charge in [0.25, 0.3) is 0 Å². The lowest BCUT2D eigenvalue weighted by Gasteiger charge is -2.11. The molecule has 0 aliphatic heterocycles. The largest absolute Gasteiger partial charge is 0.312 e. The van der Waals surface area contributed by atoms with Gasteiger partial charge < -0.3 is 13.5 Å². The summed E-state index contributed by atoms with van der Waals surface area (Å²) in [7, 11) is 0. The van der Waals surface area contributed by atoms with Gasteiger partial charge in [0, 0.05) is 60.3 Å². The lowest BCUT2D eigenvalue weighted by Crippen LogP contribution is -1.96. The molecule has 0 bridgehead atoms. The van der Waals surface area contributed by atoms with E-state index in [0.717, 1.165) is 12.8 Å². The van der Waals surface area contributed by atoms with Crippen molar-refractivity contribution in [2.75, 3.05) is 0 Å². The molecule has 0 radical (unpaired) electrons. The first-order chi connectivity index (χ1) is 28.3. The molecule has 1 aliphatic carbocycles. The van der Waals surface area contributed by atoms with Crippen molar-refractivity contribution in [1.82, 2.24) is 13.5 Å². The van der Waals surface area contributed by atoms with E-state index < -0.39 is 0 Å². The first kappa shape index (κ1) is 30.9. The van der Waals surface area contributed by atoms with Gasteiger partial charge in [0.15, 0.2) is 0 Å². The van der Waals surface area contributed by atoms with Gasteiger partial charge in [-0.25, -0.2) is 0 Å². The maximum absolute atomic E-state index is 2.56. The molecule has 4 heterocycles. The van der Waals surface area contributed by atoms with Gasteiger partial charge in [0.05, 0.1) is 33.1 Å². The first-order valence-corrected chi connectivity index (χ1v) is 20.0. The third-order valence-electron chi connectivity index (χ3n) is 12.6. The number of fused-ring (bicyclic) bond motifs is 12. The van der Waals surface area contributed by atoms with E-state index in [4.69, 9.17) is 0 Å². The summed E-state index contributed by atoms with van der Waals surface area (Å²) in [6.07, 6.45) is 6.86. The number of rotatable bonds is 4. The molecule has 266 valence electrons. The smallest absolute Gasteiger partial charge is 0.0623 e. The fraction of sp³-hybridized carbons (Fsp3) is 0.0370. The van der Waals surface area contributed by atoms with Crippen molar-refractivity contribution in [1.29, 1.82) is 0 Å². The van der Waals surface area contributed by atoms with Crippen molar-refractivity contribution >= 4 is 76.9 Å². The SMILES string of the molecule is C1=Cc2c(n3c4ccccc4c4ccc(-c5ccc6c(c5)c5cc(-c7ccc8c(c7)c7ccccc7n8-c7ccccc7)ccc5n6-c5ccccc5)c2c43)CC1. The molecule has 0 amide bonds. The van der Waals surface area contributed by atoms with Crippen LogP contribution in [0.25, 0.3) is 111 Å². The highest BCUT2D eigenvalue weighted by Gasteiger charge is 2.25. The number of nitrogens with zero attached hydrogens (tertiary/aromatic N) is 3. The average Bonchev–Trinajstić information content (AvgIpc) is 4.01. The predicted molar refractivity (Wildman–Crippen MR) is 240 cm³/mol. The minimum Gasteiger partial charge on any atom is -0.312 e. The minimum atomic E-state index is 1.05. The standard InChI is InChI=1S/C54H35N3/c1-3-13-37(14-4-1)55-47-20-10-8-18-41(47)44-31-34(23-28-50(44)55)35-24-29-51-45(32-35)46-33-36(25-30-52(46)56(51)38-15-5-2-6-16-38)39-26-27-42-40-17-7-11-21-48(40)57-49-22-12-9-19-43(49)53(39)54(42)57/h1-11,13-21,23-33H,12,22H2. The van der Waals surface area contributed by atoms with Crippen molar-refractivity contribution in [2.45, 2.75) is 12.8 Å². The Kier molecular flexibility index (Phi) is 6.28. The van der Waals surface area contributed by atoms with Crippen LogP contribution in [-0.4, -0.2) is 13.5 Å². The molecule has 3 nitrogen and oxygen atoms in total. The second kappa shape index (κ2) is 11.6. The van der Waals surface area contributed by atoms with Gasteiger partial charge in [-0.1, -0.05) is 115 Å². The van der Waals surface area contributed by atoms with Gasteiger partial charge in [0.2, 0.25) is 0 Å². The zero-order valence-corrected chi connectivity index (χ0v) is 31.2. The Bertz CT molecular complexity index is 3610. The van der Waals surface area contributed by atoms with Crippen LogP contribution in [0.3, 0.4) is 0 Å². The van der Waals surface area contributed by atoms with Crippen molar-refractivity contribution in [3.63, 3.8) is 0 Å². The van der Waals surface area contributed by atoms with Gasteiger partial charge in [-0.2, -0.15) is 0 Å². The Morgan fingerprint density at radius 2 is 0.895 bits per heavy atom. The van der Waals surface area contributed by atoms with E-state index in [1.165, 1.54) is 116 Å². The molecule has 0 saturated heterocycles. The van der Waals surface area contributed by atoms with Crippen LogP contribution in [0.5, 0.6) is 0 Å². The number of benzene rings is 8. The summed E-state index contributed by atoms with van der Waals surface area (Å²) in [5.74, 6) is 0. The fourth-order valence-electron chi connectivity index (χ4n) is 10.2.